The van der Waals surface area contributed by atoms with E-state index in [0.29, 0.717) is 0 Å². The summed E-state index contributed by atoms with van der Waals surface area (Å²) in [5, 5.41) is 0. The summed E-state index contributed by atoms with van der Waals surface area (Å²) in [5.74, 6) is -0.861. The maximum atomic E-state index is 12.0. The van der Waals surface area contributed by atoms with E-state index >= 15 is 0 Å². The van der Waals surface area contributed by atoms with Gasteiger partial charge in [0, 0.05) is 24.7 Å². The summed E-state index contributed by atoms with van der Waals surface area (Å²) in [6.45, 7) is 2.15. The molecule has 0 bridgehead atoms. The summed E-state index contributed by atoms with van der Waals surface area (Å²) >= 11 is 0. The number of hydrogen-bond donors (Lipinski definition) is 0. The lowest BCUT2D eigenvalue weighted by Gasteiger charge is -2.19. The second-order valence-corrected chi connectivity index (χ2v) is 5.52. The van der Waals surface area contributed by atoms with E-state index < -0.39 is 12.1 Å². The van der Waals surface area contributed by atoms with Gasteiger partial charge in [0.15, 0.2) is 0 Å². The number of allylic oxidation sites excluding steroid dienone is 2. The molecule has 1 heterocycles. The molecule has 6 nitrogen and oxygen atoms in total. The van der Waals surface area contributed by atoms with Gasteiger partial charge in [-0.1, -0.05) is 42.5 Å². The number of rotatable bonds is 7. The van der Waals surface area contributed by atoms with Crippen LogP contribution in [0, 0.1) is 5.92 Å². The van der Waals surface area contributed by atoms with Crippen molar-refractivity contribution < 1.29 is 23.9 Å². The molecule has 0 aliphatic carbocycles. The van der Waals surface area contributed by atoms with E-state index in [2.05, 4.69) is 0 Å². The summed E-state index contributed by atoms with van der Waals surface area (Å²) in [6, 6.07) is 9.40. The summed E-state index contributed by atoms with van der Waals surface area (Å²) in [7, 11) is 0. The molecule has 0 radical (unpaired) electrons. The molecule has 1 aromatic carbocycles. The molecule has 0 atom stereocenters. The Morgan fingerprint density at radius 1 is 1.04 bits per heavy atom. The minimum Gasteiger partial charge on any atom is -0.466 e. The SMILES string of the molecule is CCOC(=O)CC(=O)CC1C=CN(C(=O)OCc2ccccc2)C=C1. The van der Waals surface area contributed by atoms with Gasteiger partial charge in [0.1, 0.15) is 18.8 Å². The molecule has 2 rings (SSSR count). The fraction of sp³-hybridized carbons (Fsp3) is 0.316. The predicted molar refractivity (Wildman–Crippen MR) is 91.1 cm³/mol. The van der Waals surface area contributed by atoms with E-state index in [-0.39, 0.29) is 37.8 Å². The van der Waals surface area contributed by atoms with Crippen molar-refractivity contribution in [2.45, 2.75) is 26.4 Å². The van der Waals surface area contributed by atoms with Gasteiger partial charge in [0.25, 0.3) is 0 Å². The molecule has 0 aromatic heterocycles. The monoisotopic (exact) mass is 343 g/mol. The first-order chi connectivity index (χ1) is 12.1. The molecule has 0 saturated heterocycles. The van der Waals surface area contributed by atoms with Crippen molar-refractivity contribution in [2.75, 3.05) is 6.61 Å². The molecule has 1 aromatic rings. The van der Waals surface area contributed by atoms with Crippen LogP contribution in [0.5, 0.6) is 0 Å². The third-order valence-corrected chi connectivity index (χ3v) is 3.51. The minimum absolute atomic E-state index is 0.153. The van der Waals surface area contributed by atoms with Gasteiger partial charge in [-0.2, -0.15) is 0 Å². The molecule has 0 fully saturated rings. The average molecular weight is 343 g/mol. The van der Waals surface area contributed by atoms with Gasteiger partial charge in [-0.25, -0.2) is 4.79 Å². The number of ether oxygens (including phenoxy) is 2. The highest BCUT2D eigenvalue weighted by Crippen LogP contribution is 2.16. The first-order valence-corrected chi connectivity index (χ1v) is 8.11. The van der Waals surface area contributed by atoms with Crippen LogP contribution in [0.4, 0.5) is 4.79 Å². The normalized spacial score (nSPS) is 13.6. The van der Waals surface area contributed by atoms with Crippen LogP contribution in [0.15, 0.2) is 54.9 Å². The number of ketones is 1. The van der Waals surface area contributed by atoms with Crippen LogP contribution in [0.3, 0.4) is 0 Å². The van der Waals surface area contributed by atoms with Crippen LogP contribution in [-0.4, -0.2) is 29.4 Å². The quantitative estimate of drug-likeness (QED) is 0.561. The molecule has 0 N–H and O–H groups in total. The number of benzene rings is 1. The number of Topliss-reactive ketones (excluding diaryl/α,β-unsaturated/α-hetero) is 1. The Morgan fingerprint density at radius 2 is 1.72 bits per heavy atom. The summed E-state index contributed by atoms with van der Waals surface area (Å²) in [4.78, 5) is 36.4. The first-order valence-electron chi connectivity index (χ1n) is 8.11. The van der Waals surface area contributed by atoms with E-state index in [1.807, 2.05) is 30.3 Å². The van der Waals surface area contributed by atoms with Crippen LogP contribution in [-0.2, 0) is 25.7 Å². The highest BCUT2D eigenvalue weighted by Gasteiger charge is 2.18. The van der Waals surface area contributed by atoms with Crippen molar-refractivity contribution in [1.29, 1.82) is 0 Å². The zero-order valence-corrected chi connectivity index (χ0v) is 14.1. The smallest absolute Gasteiger partial charge is 0.418 e. The van der Waals surface area contributed by atoms with Gasteiger partial charge < -0.3 is 9.47 Å². The second-order valence-electron chi connectivity index (χ2n) is 5.52. The molecule has 0 spiro atoms. The summed E-state index contributed by atoms with van der Waals surface area (Å²) in [6.07, 6.45) is 6.06. The van der Waals surface area contributed by atoms with Gasteiger partial charge in [-0.3, -0.25) is 14.5 Å². The van der Waals surface area contributed by atoms with E-state index in [1.165, 1.54) is 4.90 Å². The maximum absolute atomic E-state index is 12.0. The number of esters is 1. The number of carbonyl (C=O) groups excluding carboxylic acids is 3. The largest absolute Gasteiger partial charge is 0.466 e. The van der Waals surface area contributed by atoms with Crippen LogP contribution >= 0.6 is 0 Å². The molecular formula is C19H21NO5. The Labute approximate surface area is 146 Å². The molecule has 6 heteroatoms. The Morgan fingerprint density at radius 3 is 2.36 bits per heavy atom. The Kier molecular flexibility index (Phi) is 6.95. The number of hydrogen-bond acceptors (Lipinski definition) is 5. The number of carbonyl (C=O) groups is 3. The van der Waals surface area contributed by atoms with Crippen molar-refractivity contribution >= 4 is 17.8 Å². The van der Waals surface area contributed by atoms with Crippen molar-refractivity contribution in [2.24, 2.45) is 5.92 Å². The van der Waals surface area contributed by atoms with Crippen LogP contribution in [0.25, 0.3) is 0 Å². The summed E-state index contributed by atoms with van der Waals surface area (Å²) < 4.78 is 9.97. The Hall–Kier alpha value is -2.89. The lowest BCUT2D eigenvalue weighted by molar-refractivity contribution is -0.145. The molecule has 25 heavy (non-hydrogen) atoms. The minimum atomic E-state index is -0.512. The molecule has 1 aliphatic heterocycles. The van der Waals surface area contributed by atoms with Gasteiger partial charge in [0.2, 0.25) is 0 Å². The third-order valence-electron chi connectivity index (χ3n) is 3.51. The zero-order valence-electron chi connectivity index (χ0n) is 14.1. The molecule has 1 amide bonds. The van der Waals surface area contributed by atoms with E-state index in [1.54, 1.807) is 31.5 Å². The van der Waals surface area contributed by atoms with Crippen molar-refractivity contribution in [3.8, 4) is 0 Å². The van der Waals surface area contributed by atoms with Gasteiger partial charge >= 0.3 is 12.1 Å². The van der Waals surface area contributed by atoms with E-state index in [4.69, 9.17) is 9.47 Å². The maximum Gasteiger partial charge on any atom is 0.418 e. The highest BCUT2D eigenvalue weighted by molar-refractivity contribution is 5.95. The Bertz CT molecular complexity index is 652. The lowest BCUT2D eigenvalue weighted by atomic mass is 9.99. The van der Waals surface area contributed by atoms with Crippen molar-refractivity contribution in [3.05, 3.63) is 60.4 Å². The van der Waals surface area contributed by atoms with Gasteiger partial charge in [-0.05, 0) is 12.5 Å². The number of amides is 1. The molecule has 0 unspecified atom stereocenters. The Balaban J connectivity index is 1.76. The zero-order chi connectivity index (χ0) is 18.1. The van der Waals surface area contributed by atoms with Gasteiger partial charge in [-0.15, -0.1) is 0 Å². The van der Waals surface area contributed by atoms with Crippen molar-refractivity contribution in [1.82, 2.24) is 4.90 Å². The van der Waals surface area contributed by atoms with E-state index in [0.717, 1.165) is 5.56 Å². The van der Waals surface area contributed by atoms with E-state index in [9.17, 15) is 14.4 Å². The van der Waals surface area contributed by atoms with Crippen LogP contribution in [0.1, 0.15) is 25.3 Å². The predicted octanol–water partition coefficient (Wildman–Crippen LogP) is 3.19. The summed E-state index contributed by atoms with van der Waals surface area (Å²) in [5.41, 5.74) is 0.906. The van der Waals surface area contributed by atoms with Crippen molar-refractivity contribution in [3.63, 3.8) is 0 Å². The van der Waals surface area contributed by atoms with Crippen LogP contribution in [0.2, 0.25) is 0 Å². The fourth-order valence-electron chi connectivity index (χ4n) is 2.28. The average Bonchev–Trinajstić information content (AvgIpc) is 2.61. The second kappa shape index (κ2) is 9.42. The first kappa shape index (κ1) is 18.4. The molecule has 1 aliphatic rings. The molecule has 132 valence electrons. The third kappa shape index (κ3) is 6.25. The highest BCUT2D eigenvalue weighted by atomic mass is 16.6. The lowest BCUT2D eigenvalue weighted by Crippen LogP contribution is -2.24. The number of nitrogens with zero attached hydrogens (tertiary/aromatic N) is 1. The van der Waals surface area contributed by atoms with Crippen LogP contribution < -0.4 is 0 Å². The fourth-order valence-corrected chi connectivity index (χ4v) is 2.28. The topological polar surface area (TPSA) is 72.9 Å². The standard InChI is InChI=1S/C19H21NO5/c1-2-24-18(22)13-17(21)12-15-8-10-20(11-9-15)19(23)25-14-16-6-4-3-5-7-16/h3-11,15H,2,12-14H2,1H3. The molecule has 0 saturated carbocycles. The molecular weight excluding hydrogens is 322 g/mol. The van der Waals surface area contributed by atoms with Gasteiger partial charge in [0.05, 0.1) is 6.61 Å².